The number of halogens is 1. The highest BCUT2D eigenvalue weighted by Gasteiger charge is 2.05. The molecule has 1 N–H and O–H groups in total. The average molecular weight is 273 g/mol. The SMILES string of the molecule is CC(C)c1nc(CNCc2ccoc2)cs1.Cl. The van der Waals surface area contributed by atoms with Gasteiger partial charge in [-0.25, -0.2) is 4.98 Å². The van der Waals surface area contributed by atoms with Gasteiger partial charge in [-0.3, -0.25) is 0 Å². The number of hydrogen-bond donors (Lipinski definition) is 1. The Labute approximate surface area is 112 Å². The maximum Gasteiger partial charge on any atom is 0.0954 e. The number of nitrogens with zero attached hydrogens (tertiary/aromatic N) is 1. The molecule has 0 spiro atoms. The van der Waals surface area contributed by atoms with Crippen LogP contribution < -0.4 is 5.32 Å². The van der Waals surface area contributed by atoms with E-state index in [0.29, 0.717) is 5.92 Å². The standard InChI is InChI=1S/C12H16N2OS.ClH/c1-9(2)12-14-11(8-16-12)6-13-5-10-3-4-15-7-10;/h3-4,7-9,13H,5-6H2,1-2H3;1H. The van der Waals surface area contributed by atoms with Crippen molar-refractivity contribution < 1.29 is 4.42 Å². The Hall–Kier alpha value is -0.840. The van der Waals surface area contributed by atoms with Crippen LogP contribution in [-0.4, -0.2) is 4.98 Å². The maximum atomic E-state index is 5.00. The fourth-order valence-electron chi connectivity index (χ4n) is 1.40. The average Bonchev–Trinajstić information content (AvgIpc) is 2.87. The van der Waals surface area contributed by atoms with Crippen molar-refractivity contribution >= 4 is 23.7 Å². The summed E-state index contributed by atoms with van der Waals surface area (Å²) >= 11 is 1.74. The van der Waals surface area contributed by atoms with E-state index in [0.717, 1.165) is 18.8 Å². The summed E-state index contributed by atoms with van der Waals surface area (Å²) in [5, 5.41) is 6.67. The Kier molecular flexibility index (Phi) is 5.68. The first-order chi connectivity index (χ1) is 7.75. The van der Waals surface area contributed by atoms with E-state index in [1.165, 1.54) is 10.6 Å². The van der Waals surface area contributed by atoms with Gasteiger partial charge in [0.25, 0.3) is 0 Å². The number of nitrogens with one attached hydrogen (secondary N) is 1. The van der Waals surface area contributed by atoms with Gasteiger partial charge in [-0.1, -0.05) is 13.8 Å². The summed E-state index contributed by atoms with van der Waals surface area (Å²) < 4.78 is 5.00. The van der Waals surface area contributed by atoms with E-state index in [9.17, 15) is 0 Å². The molecule has 2 rings (SSSR count). The minimum Gasteiger partial charge on any atom is -0.472 e. The van der Waals surface area contributed by atoms with Gasteiger partial charge in [0.1, 0.15) is 0 Å². The number of aromatic nitrogens is 1. The molecule has 0 aliphatic carbocycles. The molecule has 0 fully saturated rings. The van der Waals surface area contributed by atoms with Crippen LogP contribution in [0.5, 0.6) is 0 Å². The van der Waals surface area contributed by atoms with Crippen LogP contribution in [0.4, 0.5) is 0 Å². The Balaban J connectivity index is 0.00000144. The van der Waals surface area contributed by atoms with E-state index in [1.807, 2.05) is 6.07 Å². The molecule has 0 bridgehead atoms. The largest absolute Gasteiger partial charge is 0.472 e. The smallest absolute Gasteiger partial charge is 0.0954 e. The topological polar surface area (TPSA) is 38.1 Å². The van der Waals surface area contributed by atoms with Crippen molar-refractivity contribution in [2.24, 2.45) is 0 Å². The second-order valence-electron chi connectivity index (χ2n) is 4.07. The molecule has 0 aliphatic rings. The van der Waals surface area contributed by atoms with Crippen LogP contribution >= 0.6 is 23.7 Å². The first kappa shape index (κ1) is 14.2. The zero-order valence-electron chi connectivity index (χ0n) is 9.97. The molecule has 2 aromatic heterocycles. The second kappa shape index (κ2) is 6.79. The van der Waals surface area contributed by atoms with Gasteiger partial charge in [-0.15, -0.1) is 23.7 Å². The van der Waals surface area contributed by atoms with Crippen molar-refractivity contribution in [3.05, 3.63) is 40.2 Å². The highest BCUT2D eigenvalue weighted by molar-refractivity contribution is 7.09. The summed E-state index contributed by atoms with van der Waals surface area (Å²) in [5.41, 5.74) is 2.29. The third-order valence-corrected chi connectivity index (χ3v) is 3.47. The van der Waals surface area contributed by atoms with E-state index in [2.05, 4.69) is 29.5 Å². The lowest BCUT2D eigenvalue weighted by molar-refractivity contribution is 0.560. The Morgan fingerprint density at radius 1 is 1.41 bits per heavy atom. The molecule has 17 heavy (non-hydrogen) atoms. The molecule has 2 aromatic rings. The number of rotatable bonds is 5. The van der Waals surface area contributed by atoms with Gasteiger partial charge in [0.05, 0.1) is 23.2 Å². The van der Waals surface area contributed by atoms with Crippen LogP contribution in [-0.2, 0) is 13.1 Å². The fourth-order valence-corrected chi connectivity index (χ4v) is 2.23. The Morgan fingerprint density at radius 2 is 2.24 bits per heavy atom. The molecule has 0 amide bonds. The zero-order chi connectivity index (χ0) is 11.4. The highest BCUT2D eigenvalue weighted by atomic mass is 35.5. The van der Waals surface area contributed by atoms with E-state index in [1.54, 1.807) is 23.9 Å². The lowest BCUT2D eigenvalue weighted by Gasteiger charge is -2.00. The van der Waals surface area contributed by atoms with Crippen molar-refractivity contribution in [2.45, 2.75) is 32.9 Å². The van der Waals surface area contributed by atoms with Crippen LogP contribution in [0, 0.1) is 0 Å². The van der Waals surface area contributed by atoms with Crippen LogP contribution in [0.25, 0.3) is 0 Å². The third-order valence-electron chi connectivity index (χ3n) is 2.28. The van der Waals surface area contributed by atoms with E-state index >= 15 is 0 Å². The number of thiazole rings is 1. The van der Waals surface area contributed by atoms with Crippen LogP contribution in [0.15, 0.2) is 28.4 Å². The van der Waals surface area contributed by atoms with Crippen molar-refractivity contribution in [1.29, 1.82) is 0 Å². The van der Waals surface area contributed by atoms with Crippen molar-refractivity contribution in [1.82, 2.24) is 10.3 Å². The van der Waals surface area contributed by atoms with Crippen LogP contribution in [0.2, 0.25) is 0 Å². The predicted molar refractivity (Wildman–Crippen MR) is 72.7 cm³/mol. The molecule has 3 nitrogen and oxygen atoms in total. The fraction of sp³-hybridized carbons (Fsp3) is 0.417. The molecule has 0 radical (unpaired) electrons. The molecule has 0 unspecified atom stereocenters. The molecule has 5 heteroatoms. The highest BCUT2D eigenvalue weighted by Crippen LogP contribution is 2.18. The van der Waals surface area contributed by atoms with E-state index < -0.39 is 0 Å². The van der Waals surface area contributed by atoms with Crippen molar-refractivity contribution in [3.63, 3.8) is 0 Å². The minimum absolute atomic E-state index is 0. The van der Waals surface area contributed by atoms with Gasteiger partial charge in [0.2, 0.25) is 0 Å². The molecule has 0 saturated carbocycles. The summed E-state index contributed by atoms with van der Waals surface area (Å²) in [6.07, 6.45) is 3.45. The quantitative estimate of drug-likeness (QED) is 0.904. The predicted octanol–water partition coefficient (Wildman–Crippen LogP) is 3.57. The van der Waals surface area contributed by atoms with Gasteiger partial charge in [0.15, 0.2) is 0 Å². The molecule has 0 saturated heterocycles. The minimum atomic E-state index is 0. The summed E-state index contributed by atoms with van der Waals surface area (Å²) in [6, 6.07) is 1.97. The summed E-state index contributed by atoms with van der Waals surface area (Å²) in [4.78, 5) is 4.56. The molecule has 0 aliphatic heterocycles. The Morgan fingerprint density at radius 3 is 2.82 bits per heavy atom. The second-order valence-corrected chi connectivity index (χ2v) is 4.96. The van der Waals surface area contributed by atoms with E-state index in [-0.39, 0.29) is 12.4 Å². The number of hydrogen-bond acceptors (Lipinski definition) is 4. The zero-order valence-corrected chi connectivity index (χ0v) is 11.6. The summed E-state index contributed by atoms with van der Waals surface area (Å²) in [7, 11) is 0. The van der Waals surface area contributed by atoms with Gasteiger partial charge in [0, 0.05) is 30.0 Å². The first-order valence-electron chi connectivity index (χ1n) is 5.42. The lowest BCUT2D eigenvalue weighted by atomic mass is 10.2. The van der Waals surface area contributed by atoms with Gasteiger partial charge in [-0.05, 0) is 6.07 Å². The molecular weight excluding hydrogens is 256 g/mol. The monoisotopic (exact) mass is 272 g/mol. The van der Waals surface area contributed by atoms with Gasteiger partial charge >= 0.3 is 0 Å². The Bertz CT molecular complexity index is 425. The lowest BCUT2D eigenvalue weighted by Crippen LogP contribution is -2.12. The normalized spacial score (nSPS) is 10.5. The molecular formula is C12H17ClN2OS. The van der Waals surface area contributed by atoms with Crippen molar-refractivity contribution in [3.8, 4) is 0 Å². The maximum absolute atomic E-state index is 5.00. The van der Waals surface area contributed by atoms with Crippen molar-refractivity contribution in [2.75, 3.05) is 0 Å². The number of furan rings is 1. The molecule has 0 atom stereocenters. The molecule has 2 heterocycles. The summed E-state index contributed by atoms with van der Waals surface area (Å²) in [6.45, 7) is 5.97. The molecule has 0 aromatic carbocycles. The van der Waals surface area contributed by atoms with Crippen LogP contribution in [0.1, 0.15) is 36.0 Å². The van der Waals surface area contributed by atoms with E-state index in [4.69, 9.17) is 4.42 Å². The summed E-state index contributed by atoms with van der Waals surface area (Å²) in [5.74, 6) is 0.521. The van der Waals surface area contributed by atoms with Gasteiger partial charge < -0.3 is 9.73 Å². The van der Waals surface area contributed by atoms with Gasteiger partial charge in [-0.2, -0.15) is 0 Å². The first-order valence-corrected chi connectivity index (χ1v) is 6.30. The third kappa shape index (κ3) is 4.15. The molecule has 94 valence electrons. The van der Waals surface area contributed by atoms with Crippen LogP contribution in [0.3, 0.4) is 0 Å².